The lowest BCUT2D eigenvalue weighted by Gasteiger charge is -2.16. The summed E-state index contributed by atoms with van der Waals surface area (Å²) in [6.07, 6.45) is 2.31. The van der Waals surface area contributed by atoms with Gasteiger partial charge in [-0.1, -0.05) is 37.3 Å². The van der Waals surface area contributed by atoms with Crippen LogP contribution in [0.4, 0.5) is 0 Å². The van der Waals surface area contributed by atoms with Gasteiger partial charge in [0.1, 0.15) is 6.10 Å². The molecule has 1 fully saturated rings. The van der Waals surface area contributed by atoms with E-state index in [9.17, 15) is 0 Å². The molecule has 1 atom stereocenters. The van der Waals surface area contributed by atoms with Crippen LogP contribution in [-0.2, 0) is 13.1 Å². The molecular formula is C20H28N4O. The number of hydrogen-bond donors (Lipinski definition) is 1. The number of hydrogen-bond acceptors (Lipinski definition) is 5. The molecule has 134 valence electrons. The fraction of sp³-hybridized carbons (Fsp3) is 0.500. The molecule has 1 N–H and O–H groups in total. The van der Waals surface area contributed by atoms with Crippen molar-refractivity contribution in [3.63, 3.8) is 0 Å². The molecule has 1 aromatic heterocycles. The van der Waals surface area contributed by atoms with E-state index in [1.54, 1.807) is 0 Å². The van der Waals surface area contributed by atoms with Crippen LogP contribution < -0.4 is 10.1 Å². The summed E-state index contributed by atoms with van der Waals surface area (Å²) in [4.78, 5) is 11.4. The Balaban J connectivity index is 1.54. The Bertz CT molecular complexity index is 662. The van der Waals surface area contributed by atoms with Crippen LogP contribution in [-0.4, -0.2) is 40.6 Å². The molecule has 2 aromatic rings. The average Bonchev–Trinajstić information content (AvgIpc) is 3.02. The predicted octanol–water partition coefficient (Wildman–Crippen LogP) is 2.94. The highest BCUT2D eigenvalue weighted by Crippen LogP contribution is 2.18. The second kappa shape index (κ2) is 8.92. The molecule has 0 spiro atoms. The Labute approximate surface area is 150 Å². The van der Waals surface area contributed by atoms with Gasteiger partial charge in [-0.2, -0.15) is 4.98 Å². The average molecular weight is 340 g/mol. The molecule has 0 aliphatic carbocycles. The minimum Gasteiger partial charge on any atom is -0.459 e. The first-order chi connectivity index (χ1) is 12.2. The van der Waals surface area contributed by atoms with Gasteiger partial charge in [-0.25, -0.2) is 4.98 Å². The normalized spacial score (nSPS) is 17.8. The Morgan fingerprint density at radius 1 is 1.24 bits per heavy atom. The number of aryl methyl sites for hydroxylation is 1. The molecule has 0 radical (unpaired) electrons. The highest BCUT2D eigenvalue weighted by atomic mass is 16.5. The molecule has 5 heteroatoms. The lowest BCUT2D eigenvalue weighted by atomic mass is 10.2. The minimum atomic E-state index is 0.168. The molecule has 0 bridgehead atoms. The van der Waals surface area contributed by atoms with Crippen molar-refractivity contribution in [3.8, 4) is 6.01 Å². The zero-order chi connectivity index (χ0) is 17.5. The Hall–Kier alpha value is -1.98. The van der Waals surface area contributed by atoms with Crippen LogP contribution in [0, 0.1) is 6.92 Å². The molecule has 1 saturated heterocycles. The summed E-state index contributed by atoms with van der Waals surface area (Å²) in [7, 11) is 0. The van der Waals surface area contributed by atoms with E-state index in [0.29, 0.717) is 6.01 Å². The number of ether oxygens (including phenoxy) is 1. The molecule has 1 aliphatic heterocycles. The summed E-state index contributed by atoms with van der Waals surface area (Å²) < 4.78 is 6.08. The minimum absolute atomic E-state index is 0.168. The molecule has 1 aliphatic rings. The summed E-state index contributed by atoms with van der Waals surface area (Å²) >= 11 is 0. The first kappa shape index (κ1) is 17.8. The second-order valence-electron chi connectivity index (χ2n) is 6.71. The van der Waals surface area contributed by atoms with E-state index in [1.807, 2.05) is 13.0 Å². The molecule has 0 amide bonds. The van der Waals surface area contributed by atoms with Gasteiger partial charge in [-0.15, -0.1) is 0 Å². The van der Waals surface area contributed by atoms with Gasteiger partial charge in [0.2, 0.25) is 0 Å². The number of likely N-dealkylation sites (tertiary alicyclic amines) is 1. The standard InChI is InChI=1S/C20H28N4O/c1-3-10-21-13-18-12-16(2)22-20(23-18)25-19-9-11-24(15-19)14-17-7-5-4-6-8-17/h4-8,12,19,21H,3,9-11,13-15H2,1-2H3. The van der Waals surface area contributed by atoms with Crippen molar-refractivity contribution >= 4 is 0 Å². The number of aromatic nitrogens is 2. The van der Waals surface area contributed by atoms with Gasteiger partial charge in [-0.05, 0) is 37.9 Å². The zero-order valence-electron chi connectivity index (χ0n) is 15.2. The molecule has 25 heavy (non-hydrogen) atoms. The SMILES string of the molecule is CCCNCc1cc(C)nc(OC2CCN(Cc3ccccc3)C2)n1. The number of benzene rings is 1. The summed E-state index contributed by atoms with van der Waals surface area (Å²) in [6.45, 7) is 8.87. The van der Waals surface area contributed by atoms with Crippen molar-refractivity contribution in [3.05, 3.63) is 53.3 Å². The summed E-state index contributed by atoms with van der Waals surface area (Å²) in [5.74, 6) is 0. The number of rotatable bonds is 8. The van der Waals surface area contributed by atoms with Gasteiger partial charge in [0.05, 0.1) is 5.69 Å². The smallest absolute Gasteiger partial charge is 0.317 e. The first-order valence-corrected chi connectivity index (χ1v) is 9.21. The Kier molecular flexibility index (Phi) is 6.36. The number of nitrogens with one attached hydrogen (secondary N) is 1. The third-order valence-corrected chi connectivity index (χ3v) is 4.37. The van der Waals surface area contributed by atoms with E-state index < -0.39 is 0 Å². The van der Waals surface area contributed by atoms with E-state index >= 15 is 0 Å². The maximum atomic E-state index is 6.08. The van der Waals surface area contributed by atoms with Crippen molar-refractivity contribution in [1.82, 2.24) is 20.2 Å². The van der Waals surface area contributed by atoms with Crippen LogP contribution in [0.2, 0.25) is 0 Å². The maximum absolute atomic E-state index is 6.08. The van der Waals surface area contributed by atoms with Crippen LogP contribution in [0.5, 0.6) is 6.01 Å². The fourth-order valence-corrected chi connectivity index (χ4v) is 3.17. The number of nitrogens with zero attached hydrogens (tertiary/aromatic N) is 3. The highest BCUT2D eigenvalue weighted by molar-refractivity contribution is 5.15. The molecule has 1 aromatic carbocycles. The Morgan fingerprint density at radius 3 is 2.88 bits per heavy atom. The second-order valence-corrected chi connectivity index (χ2v) is 6.71. The van der Waals surface area contributed by atoms with Gasteiger partial charge < -0.3 is 10.1 Å². The first-order valence-electron chi connectivity index (χ1n) is 9.21. The molecule has 0 saturated carbocycles. The van der Waals surface area contributed by atoms with Crippen molar-refractivity contribution < 1.29 is 4.74 Å². The van der Waals surface area contributed by atoms with Crippen LogP contribution in [0.15, 0.2) is 36.4 Å². The van der Waals surface area contributed by atoms with Crippen LogP contribution in [0.3, 0.4) is 0 Å². The van der Waals surface area contributed by atoms with E-state index in [0.717, 1.165) is 57.0 Å². The van der Waals surface area contributed by atoms with Gasteiger partial charge in [-0.3, -0.25) is 4.90 Å². The zero-order valence-corrected chi connectivity index (χ0v) is 15.2. The van der Waals surface area contributed by atoms with Crippen molar-refractivity contribution in [2.24, 2.45) is 0 Å². The van der Waals surface area contributed by atoms with Gasteiger partial charge >= 0.3 is 6.01 Å². The van der Waals surface area contributed by atoms with Gasteiger partial charge in [0.15, 0.2) is 0 Å². The molecule has 5 nitrogen and oxygen atoms in total. The Morgan fingerprint density at radius 2 is 2.08 bits per heavy atom. The maximum Gasteiger partial charge on any atom is 0.317 e. The topological polar surface area (TPSA) is 50.3 Å². The van der Waals surface area contributed by atoms with E-state index in [2.05, 4.69) is 57.4 Å². The van der Waals surface area contributed by atoms with E-state index in [1.165, 1.54) is 5.56 Å². The third-order valence-electron chi connectivity index (χ3n) is 4.37. The van der Waals surface area contributed by atoms with Gasteiger partial charge in [0.25, 0.3) is 0 Å². The predicted molar refractivity (Wildman–Crippen MR) is 99.5 cm³/mol. The van der Waals surface area contributed by atoms with Crippen LogP contribution in [0.1, 0.15) is 36.7 Å². The lowest BCUT2D eigenvalue weighted by Crippen LogP contribution is -2.25. The van der Waals surface area contributed by atoms with Gasteiger partial charge in [0, 0.05) is 31.9 Å². The summed E-state index contributed by atoms with van der Waals surface area (Å²) in [5.41, 5.74) is 3.30. The summed E-state index contributed by atoms with van der Waals surface area (Å²) in [6, 6.07) is 13.1. The lowest BCUT2D eigenvalue weighted by molar-refractivity contribution is 0.182. The monoisotopic (exact) mass is 340 g/mol. The van der Waals surface area contributed by atoms with Crippen LogP contribution >= 0.6 is 0 Å². The van der Waals surface area contributed by atoms with Crippen molar-refractivity contribution in [2.75, 3.05) is 19.6 Å². The molecular weight excluding hydrogens is 312 g/mol. The molecule has 2 heterocycles. The fourth-order valence-electron chi connectivity index (χ4n) is 3.17. The summed E-state index contributed by atoms with van der Waals surface area (Å²) in [5, 5.41) is 3.38. The van der Waals surface area contributed by atoms with E-state index in [-0.39, 0.29) is 6.10 Å². The third kappa shape index (κ3) is 5.51. The van der Waals surface area contributed by atoms with E-state index in [4.69, 9.17) is 4.74 Å². The van der Waals surface area contributed by atoms with Crippen molar-refractivity contribution in [2.45, 2.75) is 45.9 Å². The van der Waals surface area contributed by atoms with Crippen molar-refractivity contribution in [1.29, 1.82) is 0 Å². The molecule has 3 rings (SSSR count). The largest absolute Gasteiger partial charge is 0.459 e. The van der Waals surface area contributed by atoms with Crippen LogP contribution in [0.25, 0.3) is 0 Å². The molecule has 1 unspecified atom stereocenters. The quantitative estimate of drug-likeness (QED) is 0.749. The highest BCUT2D eigenvalue weighted by Gasteiger charge is 2.24.